The number of ether oxygens (including phenoxy) is 1. The number of carbonyl (C=O) groups excluding carboxylic acids is 1. The van der Waals surface area contributed by atoms with Crippen LogP contribution < -0.4 is 10.6 Å². The van der Waals surface area contributed by atoms with Gasteiger partial charge in [0.1, 0.15) is 6.26 Å². The van der Waals surface area contributed by atoms with E-state index >= 15 is 0 Å². The number of rotatable bonds is 4. The maximum atomic E-state index is 12.1. The average Bonchev–Trinajstić information content (AvgIpc) is 3.00. The Kier molecular flexibility index (Phi) is 4.56. The van der Waals surface area contributed by atoms with Gasteiger partial charge in [-0.2, -0.15) is 0 Å². The van der Waals surface area contributed by atoms with Crippen molar-refractivity contribution in [2.45, 2.75) is 51.7 Å². The number of urea groups is 1. The number of hydrogen-bond donors (Lipinski definition) is 2. The first kappa shape index (κ1) is 17.5. The second kappa shape index (κ2) is 6.52. The molecule has 0 spiro atoms. The molecule has 1 saturated heterocycles. The van der Waals surface area contributed by atoms with Crippen molar-refractivity contribution in [1.29, 1.82) is 0 Å². The number of anilines is 1. The summed E-state index contributed by atoms with van der Waals surface area (Å²) in [5, 5.41) is 5.60. The summed E-state index contributed by atoms with van der Waals surface area (Å²) in [5.41, 5.74) is 2.35. The minimum Gasteiger partial charge on any atom is -0.447 e. The number of nitrogens with one attached hydrogen (secondary N) is 2. The molecule has 1 aromatic carbocycles. The molecule has 1 aliphatic rings. The van der Waals surface area contributed by atoms with Crippen LogP contribution in [-0.2, 0) is 22.3 Å². The third-order valence-electron chi connectivity index (χ3n) is 4.45. The van der Waals surface area contributed by atoms with Crippen molar-refractivity contribution in [2.24, 2.45) is 0 Å². The van der Waals surface area contributed by atoms with E-state index in [4.69, 9.17) is 9.15 Å². The Bertz CT molecular complexity index is 757. The molecule has 0 aliphatic carbocycles. The van der Waals surface area contributed by atoms with E-state index in [1.165, 1.54) is 0 Å². The maximum absolute atomic E-state index is 12.1. The molecule has 1 fully saturated rings. The summed E-state index contributed by atoms with van der Waals surface area (Å²) < 4.78 is 11.1. The van der Waals surface area contributed by atoms with Crippen LogP contribution in [0.1, 0.15) is 51.3 Å². The van der Waals surface area contributed by atoms with Crippen LogP contribution in [0, 0.1) is 0 Å². The zero-order chi connectivity index (χ0) is 18.1. The van der Waals surface area contributed by atoms with Crippen LogP contribution in [0.25, 0.3) is 0 Å². The summed E-state index contributed by atoms with van der Waals surface area (Å²) in [6.07, 6.45) is 2.63. The zero-order valence-corrected chi connectivity index (χ0v) is 15.2. The third-order valence-corrected chi connectivity index (χ3v) is 4.45. The van der Waals surface area contributed by atoms with E-state index in [-0.39, 0.29) is 23.6 Å². The van der Waals surface area contributed by atoms with Crippen molar-refractivity contribution >= 4 is 11.7 Å². The van der Waals surface area contributed by atoms with Gasteiger partial charge in [0, 0.05) is 17.5 Å². The number of aromatic nitrogens is 1. The lowest BCUT2D eigenvalue weighted by molar-refractivity contribution is -0.140. The Morgan fingerprint density at radius 3 is 2.72 bits per heavy atom. The standard InChI is InChI=1S/C19H25N3O3/c1-18(2,3)15-12-24-16(22-15)11-20-17(23)21-14-7-5-6-13(10-14)19(4)8-9-25-19/h5-7,10,12H,8-9,11H2,1-4H3,(H2,20,21,23). The normalized spacial score (nSPS) is 20.0. The molecule has 1 aliphatic heterocycles. The molecule has 2 aromatic rings. The number of hydrogen-bond acceptors (Lipinski definition) is 4. The number of carbonyl (C=O) groups is 1. The van der Waals surface area contributed by atoms with Gasteiger partial charge in [-0.05, 0) is 24.6 Å². The van der Waals surface area contributed by atoms with Gasteiger partial charge in [-0.1, -0.05) is 32.9 Å². The van der Waals surface area contributed by atoms with E-state index in [1.54, 1.807) is 6.26 Å². The Labute approximate surface area is 148 Å². The van der Waals surface area contributed by atoms with Crippen LogP contribution in [0.3, 0.4) is 0 Å². The highest BCUT2D eigenvalue weighted by atomic mass is 16.5. The third kappa shape index (κ3) is 4.02. The van der Waals surface area contributed by atoms with Crippen molar-refractivity contribution in [1.82, 2.24) is 10.3 Å². The predicted molar refractivity (Wildman–Crippen MR) is 95.4 cm³/mol. The molecule has 3 rings (SSSR count). The Morgan fingerprint density at radius 1 is 1.36 bits per heavy atom. The lowest BCUT2D eigenvalue weighted by atomic mass is 9.88. The summed E-state index contributed by atoms with van der Waals surface area (Å²) in [7, 11) is 0. The predicted octanol–water partition coefficient (Wildman–Crippen LogP) is 3.93. The minimum atomic E-state index is -0.299. The van der Waals surface area contributed by atoms with Gasteiger partial charge in [0.2, 0.25) is 5.89 Å². The Hall–Kier alpha value is -2.34. The summed E-state index contributed by atoms with van der Waals surface area (Å²) >= 11 is 0. The summed E-state index contributed by atoms with van der Waals surface area (Å²) in [4.78, 5) is 16.5. The van der Waals surface area contributed by atoms with Crippen molar-refractivity contribution in [3.8, 4) is 0 Å². The second-order valence-electron chi connectivity index (χ2n) is 7.59. The molecule has 1 unspecified atom stereocenters. The van der Waals surface area contributed by atoms with Gasteiger partial charge >= 0.3 is 6.03 Å². The first-order valence-corrected chi connectivity index (χ1v) is 8.50. The Morgan fingerprint density at radius 2 is 2.12 bits per heavy atom. The first-order valence-electron chi connectivity index (χ1n) is 8.50. The van der Waals surface area contributed by atoms with Crippen molar-refractivity contribution in [2.75, 3.05) is 11.9 Å². The van der Waals surface area contributed by atoms with Crippen LogP contribution >= 0.6 is 0 Å². The zero-order valence-electron chi connectivity index (χ0n) is 15.2. The molecule has 25 heavy (non-hydrogen) atoms. The van der Waals surface area contributed by atoms with Crippen LogP contribution in [0.5, 0.6) is 0 Å². The highest BCUT2D eigenvalue weighted by Gasteiger charge is 2.35. The minimum absolute atomic E-state index is 0.0792. The molecule has 2 N–H and O–H groups in total. The molecular weight excluding hydrogens is 318 g/mol. The second-order valence-corrected chi connectivity index (χ2v) is 7.59. The number of benzene rings is 1. The van der Waals surface area contributed by atoms with E-state index in [1.807, 2.05) is 24.3 Å². The van der Waals surface area contributed by atoms with Crippen molar-refractivity contribution in [3.05, 3.63) is 47.7 Å². The molecule has 6 heteroatoms. The van der Waals surface area contributed by atoms with Crippen LogP contribution in [-0.4, -0.2) is 17.6 Å². The molecule has 0 radical (unpaired) electrons. The molecule has 6 nitrogen and oxygen atoms in total. The number of oxazole rings is 1. The summed E-state index contributed by atoms with van der Waals surface area (Å²) in [5.74, 6) is 0.490. The van der Waals surface area contributed by atoms with Gasteiger partial charge in [-0.15, -0.1) is 0 Å². The topological polar surface area (TPSA) is 76.4 Å². The van der Waals surface area contributed by atoms with Gasteiger partial charge in [0.15, 0.2) is 0 Å². The first-order chi connectivity index (χ1) is 11.8. The smallest absolute Gasteiger partial charge is 0.319 e. The highest BCUT2D eigenvalue weighted by molar-refractivity contribution is 5.89. The molecule has 2 amide bonds. The van der Waals surface area contributed by atoms with Gasteiger partial charge in [0.05, 0.1) is 24.4 Å². The summed E-state index contributed by atoms with van der Waals surface area (Å²) in [6, 6.07) is 7.44. The lowest BCUT2D eigenvalue weighted by Crippen LogP contribution is -2.37. The van der Waals surface area contributed by atoms with Crippen LogP contribution in [0.2, 0.25) is 0 Å². The van der Waals surface area contributed by atoms with E-state index in [9.17, 15) is 4.79 Å². The van der Waals surface area contributed by atoms with E-state index in [0.717, 1.165) is 30.0 Å². The van der Waals surface area contributed by atoms with Gasteiger partial charge in [-0.25, -0.2) is 9.78 Å². The SMILES string of the molecule is CC(C)(C)c1coc(CNC(=O)Nc2cccc(C3(C)CCO3)c2)n1. The maximum Gasteiger partial charge on any atom is 0.319 e. The van der Waals surface area contributed by atoms with Gasteiger partial charge in [0.25, 0.3) is 0 Å². The van der Waals surface area contributed by atoms with Crippen molar-refractivity contribution in [3.63, 3.8) is 0 Å². The molecule has 134 valence electrons. The molecular formula is C19H25N3O3. The van der Waals surface area contributed by atoms with Crippen molar-refractivity contribution < 1.29 is 13.9 Å². The fourth-order valence-corrected chi connectivity index (χ4v) is 2.63. The Balaban J connectivity index is 1.56. The van der Waals surface area contributed by atoms with Gasteiger partial charge < -0.3 is 19.8 Å². The van der Waals surface area contributed by atoms with E-state index in [2.05, 4.69) is 43.3 Å². The fourth-order valence-electron chi connectivity index (χ4n) is 2.63. The molecule has 0 bridgehead atoms. The lowest BCUT2D eigenvalue weighted by Gasteiger charge is -2.39. The fraction of sp³-hybridized carbons (Fsp3) is 0.474. The highest BCUT2D eigenvalue weighted by Crippen LogP contribution is 2.37. The van der Waals surface area contributed by atoms with E-state index in [0.29, 0.717) is 5.89 Å². The van der Waals surface area contributed by atoms with Crippen LogP contribution in [0.4, 0.5) is 10.5 Å². The number of amides is 2. The largest absolute Gasteiger partial charge is 0.447 e. The van der Waals surface area contributed by atoms with E-state index < -0.39 is 0 Å². The number of nitrogens with zero attached hydrogens (tertiary/aromatic N) is 1. The van der Waals surface area contributed by atoms with Crippen LogP contribution in [0.15, 0.2) is 34.9 Å². The van der Waals surface area contributed by atoms with Gasteiger partial charge in [-0.3, -0.25) is 0 Å². The monoisotopic (exact) mass is 343 g/mol. The molecule has 0 saturated carbocycles. The summed E-state index contributed by atoms with van der Waals surface area (Å²) in [6.45, 7) is 9.27. The molecule has 2 heterocycles. The average molecular weight is 343 g/mol. The molecule has 1 atom stereocenters. The molecule has 1 aromatic heterocycles. The quantitative estimate of drug-likeness (QED) is 0.882.